The summed E-state index contributed by atoms with van der Waals surface area (Å²) in [6.45, 7) is 4.79. The molecule has 5 nitrogen and oxygen atoms in total. The van der Waals surface area contributed by atoms with Gasteiger partial charge in [0.1, 0.15) is 0 Å². The van der Waals surface area contributed by atoms with Crippen molar-refractivity contribution in [2.45, 2.75) is 38.5 Å². The number of nitrogen functional groups attached to an aromatic ring is 1. The van der Waals surface area contributed by atoms with Crippen LogP contribution in [-0.4, -0.2) is 39.0 Å². The number of hydrogen-bond acceptors (Lipinski definition) is 4. The molecule has 0 aliphatic rings. The number of nitrogens with zero attached hydrogens (tertiary/aromatic N) is 1. The summed E-state index contributed by atoms with van der Waals surface area (Å²) in [5, 5.41) is 0. The van der Waals surface area contributed by atoms with Crippen LogP contribution >= 0.6 is 0 Å². The van der Waals surface area contributed by atoms with Crippen LogP contribution in [0.5, 0.6) is 0 Å². The Hall–Kier alpha value is -1.11. The van der Waals surface area contributed by atoms with Crippen LogP contribution in [0.3, 0.4) is 0 Å². The number of hydrogen-bond donors (Lipinski definition) is 1. The third-order valence-corrected chi connectivity index (χ3v) is 5.42. The van der Waals surface area contributed by atoms with E-state index in [4.69, 9.17) is 10.5 Å². The molecule has 1 aromatic rings. The van der Waals surface area contributed by atoms with Gasteiger partial charge in [-0.25, -0.2) is 8.42 Å². The first-order valence-electron chi connectivity index (χ1n) is 7.27. The molecule has 0 aromatic heterocycles. The van der Waals surface area contributed by atoms with Gasteiger partial charge in [0.15, 0.2) is 0 Å². The van der Waals surface area contributed by atoms with Gasteiger partial charge in [0.2, 0.25) is 10.0 Å². The average Bonchev–Trinajstić information content (AvgIpc) is 2.42. The minimum Gasteiger partial charge on any atom is -0.399 e. The van der Waals surface area contributed by atoms with Crippen molar-refractivity contribution in [2.24, 2.45) is 0 Å². The second kappa shape index (κ2) is 8.36. The molecule has 0 unspecified atom stereocenters. The molecule has 0 spiro atoms. The van der Waals surface area contributed by atoms with Crippen molar-refractivity contribution in [3.05, 3.63) is 29.8 Å². The molecule has 0 saturated carbocycles. The fraction of sp³-hybridized carbons (Fsp3) is 0.600. The van der Waals surface area contributed by atoms with E-state index in [1.165, 1.54) is 0 Å². The lowest BCUT2D eigenvalue weighted by atomic mass is 10.2. The number of benzene rings is 1. The first kappa shape index (κ1) is 17.9. The Morgan fingerprint density at radius 3 is 2.48 bits per heavy atom. The molecule has 2 N–H and O–H groups in total. The van der Waals surface area contributed by atoms with Gasteiger partial charge in [-0.05, 0) is 30.5 Å². The van der Waals surface area contributed by atoms with Gasteiger partial charge in [0, 0.05) is 25.4 Å². The molecule has 0 amide bonds. The molecule has 0 heterocycles. The lowest BCUT2D eigenvalue weighted by molar-refractivity contribution is 0.163. The molecule has 0 aliphatic heterocycles. The standard InChI is InChI=1S/C15H26N2O3S/c1-4-15(5-2)17(9-10-20-3)21(18,19)12-13-7-6-8-14(16)11-13/h6-8,11,15H,4-5,9-10,12,16H2,1-3H3. The van der Waals surface area contributed by atoms with Gasteiger partial charge in [-0.3, -0.25) is 0 Å². The summed E-state index contributed by atoms with van der Waals surface area (Å²) in [4.78, 5) is 0. The molecule has 120 valence electrons. The van der Waals surface area contributed by atoms with Gasteiger partial charge < -0.3 is 10.5 Å². The van der Waals surface area contributed by atoms with Crippen LogP contribution < -0.4 is 5.73 Å². The molecule has 6 heteroatoms. The van der Waals surface area contributed by atoms with E-state index in [9.17, 15) is 8.42 Å². The summed E-state index contributed by atoms with van der Waals surface area (Å²) in [5.41, 5.74) is 7.01. The minimum absolute atomic E-state index is 0.00575. The first-order chi connectivity index (χ1) is 9.94. The number of sulfonamides is 1. The van der Waals surface area contributed by atoms with Crippen LogP contribution in [0.1, 0.15) is 32.3 Å². The quantitative estimate of drug-likeness (QED) is 0.709. The van der Waals surface area contributed by atoms with Crippen LogP contribution in [0.25, 0.3) is 0 Å². The lowest BCUT2D eigenvalue weighted by Crippen LogP contribution is -2.42. The fourth-order valence-electron chi connectivity index (χ4n) is 2.40. The highest BCUT2D eigenvalue weighted by atomic mass is 32.2. The van der Waals surface area contributed by atoms with Crippen molar-refractivity contribution in [3.8, 4) is 0 Å². The van der Waals surface area contributed by atoms with E-state index in [0.717, 1.165) is 12.8 Å². The zero-order valence-corrected chi connectivity index (χ0v) is 13.9. The minimum atomic E-state index is -3.39. The fourth-order valence-corrected chi connectivity index (χ4v) is 4.27. The number of rotatable bonds is 9. The lowest BCUT2D eigenvalue weighted by Gasteiger charge is -2.29. The van der Waals surface area contributed by atoms with Gasteiger partial charge in [-0.2, -0.15) is 4.31 Å². The van der Waals surface area contributed by atoms with Crippen molar-refractivity contribution < 1.29 is 13.2 Å². The van der Waals surface area contributed by atoms with Gasteiger partial charge in [0.05, 0.1) is 12.4 Å². The number of methoxy groups -OCH3 is 1. The Morgan fingerprint density at radius 2 is 1.95 bits per heavy atom. The van der Waals surface area contributed by atoms with Crippen molar-refractivity contribution >= 4 is 15.7 Å². The van der Waals surface area contributed by atoms with E-state index in [1.54, 1.807) is 35.7 Å². The summed E-state index contributed by atoms with van der Waals surface area (Å²) < 4.78 is 32.0. The maximum atomic E-state index is 12.7. The smallest absolute Gasteiger partial charge is 0.218 e. The second-order valence-electron chi connectivity index (χ2n) is 5.08. The predicted molar refractivity (Wildman–Crippen MR) is 86.4 cm³/mol. The highest BCUT2D eigenvalue weighted by molar-refractivity contribution is 7.88. The molecule has 1 aromatic carbocycles. The summed E-state index contributed by atoms with van der Waals surface area (Å²) in [7, 11) is -1.81. The summed E-state index contributed by atoms with van der Waals surface area (Å²) in [6.07, 6.45) is 1.58. The van der Waals surface area contributed by atoms with E-state index in [2.05, 4.69) is 0 Å². The molecule has 0 saturated heterocycles. The molecule has 1 rings (SSSR count). The third kappa shape index (κ3) is 5.30. The maximum Gasteiger partial charge on any atom is 0.218 e. The summed E-state index contributed by atoms with van der Waals surface area (Å²) >= 11 is 0. The SMILES string of the molecule is CCC(CC)N(CCOC)S(=O)(=O)Cc1cccc(N)c1. The molecular formula is C15H26N2O3S. The van der Waals surface area contributed by atoms with Gasteiger partial charge in [-0.1, -0.05) is 26.0 Å². The largest absolute Gasteiger partial charge is 0.399 e. The molecule has 0 radical (unpaired) electrons. The highest BCUT2D eigenvalue weighted by Gasteiger charge is 2.27. The Kier molecular flexibility index (Phi) is 7.14. The molecule has 21 heavy (non-hydrogen) atoms. The molecule has 0 aliphatic carbocycles. The van der Waals surface area contributed by atoms with E-state index in [-0.39, 0.29) is 11.8 Å². The van der Waals surface area contributed by atoms with E-state index in [0.29, 0.717) is 24.4 Å². The van der Waals surface area contributed by atoms with Crippen LogP contribution in [0.15, 0.2) is 24.3 Å². The van der Waals surface area contributed by atoms with Crippen LogP contribution in [0.4, 0.5) is 5.69 Å². The maximum absolute atomic E-state index is 12.7. The highest BCUT2D eigenvalue weighted by Crippen LogP contribution is 2.19. The van der Waals surface area contributed by atoms with Gasteiger partial charge in [0.25, 0.3) is 0 Å². The van der Waals surface area contributed by atoms with Crippen LogP contribution in [0, 0.1) is 0 Å². The first-order valence-corrected chi connectivity index (χ1v) is 8.88. The number of nitrogens with two attached hydrogens (primary N) is 1. The van der Waals surface area contributed by atoms with Crippen molar-refractivity contribution in [1.82, 2.24) is 4.31 Å². The average molecular weight is 314 g/mol. The zero-order chi connectivity index (χ0) is 15.9. The van der Waals surface area contributed by atoms with Gasteiger partial charge >= 0.3 is 0 Å². The van der Waals surface area contributed by atoms with E-state index >= 15 is 0 Å². The predicted octanol–water partition coefficient (Wildman–Crippen LogP) is 2.24. The molecule has 0 fully saturated rings. The third-order valence-electron chi connectivity index (χ3n) is 3.52. The Labute approximate surface area is 128 Å². The van der Waals surface area contributed by atoms with E-state index in [1.807, 2.05) is 13.8 Å². The van der Waals surface area contributed by atoms with E-state index < -0.39 is 10.0 Å². The summed E-state index contributed by atoms with van der Waals surface area (Å²) in [5.74, 6) is -0.0295. The molecule has 0 atom stereocenters. The Bertz CT molecular complexity index is 527. The topological polar surface area (TPSA) is 72.6 Å². The zero-order valence-electron chi connectivity index (χ0n) is 13.1. The normalized spacial score (nSPS) is 12.2. The van der Waals surface area contributed by atoms with Crippen molar-refractivity contribution in [3.63, 3.8) is 0 Å². The summed E-state index contributed by atoms with van der Waals surface area (Å²) in [6, 6.07) is 7.02. The number of anilines is 1. The van der Waals surface area contributed by atoms with Crippen molar-refractivity contribution in [2.75, 3.05) is 26.0 Å². The van der Waals surface area contributed by atoms with Crippen LogP contribution in [-0.2, 0) is 20.5 Å². The van der Waals surface area contributed by atoms with Crippen molar-refractivity contribution in [1.29, 1.82) is 0 Å². The number of ether oxygens (including phenoxy) is 1. The second-order valence-corrected chi connectivity index (χ2v) is 7.00. The molecular weight excluding hydrogens is 288 g/mol. The Balaban J connectivity index is 2.97. The Morgan fingerprint density at radius 1 is 1.29 bits per heavy atom. The molecule has 0 bridgehead atoms. The van der Waals surface area contributed by atoms with Gasteiger partial charge in [-0.15, -0.1) is 0 Å². The van der Waals surface area contributed by atoms with Crippen LogP contribution in [0.2, 0.25) is 0 Å². The monoisotopic (exact) mass is 314 g/mol.